The fourth-order valence-corrected chi connectivity index (χ4v) is 1.18. The summed E-state index contributed by atoms with van der Waals surface area (Å²) in [5.74, 6) is 0.274. The Hall–Kier alpha value is -1.43. The van der Waals surface area contributed by atoms with E-state index < -0.39 is 6.36 Å². The van der Waals surface area contributed by atoms with E-state index in [2.05, 4.69) is 10.1 Å². The third-order valence-corrected chi connectivity index (χ3v) is 1.90. The molecule has 0 aliphatic heterocycles. The van der Waals surface area contributed by atoms with Crippen LogP contribution in [0.15, 0.2) is 24.3 Å². The summed E-state index contributed by atoms with van der Waals surface area (Å²) in [7, 11) is 1.84. The highest BCUT2D eigenvalue weighted by molar-refractivity contribution is 5.31. The average molecular weight is 249 g/mol. The minimum absolute atomic E-state index is 0.250. The van der Waals surface area contributed by atoms with E-state index in [0.29, 0.717) is 12.4 Å². The SMILES string of the molecule is CNCCCOc1ccc(OC(F)(F)F)cc1. The summed E-state index contributed by atoms with van der Waals surface area (Å²) in [6.45, 7) is 1.34. The maximum absolute atomic E-state index is 11.9. The van der Waals surface area contributed by atoms with Gasteiger partial charge >= 0.3 is 6.36 Å². The van der Waals surface area contributed by atoms with Crippen LogP contribution >= 0.6 is 0 Å². The Bertz CT molecular complexity index is 324. The molecule has 1 aromatic carbocycles. The van der Waals surface area contributed by atoms with Crippen molar-refractivity contribution in [1.82, 2.24) is 5.32 Å². The summed E-state index contributed by atoms with van der Waals surface area (Å²) in [4.78, 5) is 0. The molecule has 0 fully saturated rings. The molecule has 0 aliphatic rings. The first-order valence-corrected chi connectivity index (χ1v) is 5.14. The molecule has 0 amide bonds. The molecule has 1 rings (SSSR count). The van der Waals surface area contributed by atoms with Crippen LogP contribution in [0.1, 0.15) is 6.42 Å². The summed E-state index contributed by atoms with van der Waals surface area (Å²) < 4.78 is 44.7. The zero-order valence-electron chi connectivity index (χ0n) is 9.38. The van der Waals surface area contributed by atoms with E-state index in [-0.39, 0.29) is 5.75 Å². The number of ether oxygens (including phenoxy) is 2. The fraction of sp³-hybridized carbons (Fsp3) is 0.455. The van der Waals surface area contributed by atoms with E-state index >= 15 is 0 Å². The molecule has 0 bridgehead atoms. The Kier molecular flexibility index (Phi) is 5.09. The van der Waals surface area contributed by atoms with Crippen LogP contribution in [-0.4, -0.2) is 26.6 Å². The lowest BCUT2D eigenvalue weighted by molar-refractivity contribution is -0.274. The van der Waals surface area contributed by atoms with E-state index in [1.54, 1.807) is 0 Å². The molecule has 6 heteroatoms. The lowest BCUT2D eigenvalue weighted by Crippen LogP contribution is -2.17. The molecule has 0 radical (unpaired) electrons. The summed E-state index contributed by atoms with van der Waals surface area (Å²) in [5.41, 5.74) is 0. The first kappa shape index (κ1) is 13.6. The van der Waals surface area contributed by atoms with Crippen LogP contribution in [0.2, 0.25) is 0 Å². The van der Waals surface area contributed by atoms with Gasteiger partial charge in [-0.15, -0.1) is 13.2 Å². The second-order valence-electron chi connectivity index (χ2n) is 3.32. The van der Waals surface area contributed by atoms with Crippen molar-refractivity contribution in [3.05, 3.63) is 24.3 Å². The Morgan fingerprint density at radius 3 is 2.24 bits per heavy atom. The third-order valence-electron chi connectivity index (χ3n) is 1.90. The van der Waals surface area contributed by atoms with Crippen LogP contribution in [-0.2, 0) is 0 Å². The average Bonchev–Trinajstić information content (AvgIpc) is 2.25. The molecule has 0 heterocycles. The molecule has 0 aromatic heterocycles. The summed E-state index contributed by atoms with van der Waals surface area (Å²) in [5, 5.41) is 2.96. The summed E-state index contributed by atoms with van der Waals surface area (Å²) in [6.07, 6.45) is -3.83. The van der Waals surface area contributed by atoms with Crippen molar-refractivity contribution in [2.24, 2.45) is 0 Å². The van der Waals surface area contributed by atoms with Gasteiger partial charge in [-0.1, -0.05) is 0 Å². The predicted octanol–water partition coefficient (Wildman–Crippen LogP) is 2.57. The molecule has 3 nitrogen and oxygen atoms in total. The molecule has 17 heavy (non-hydrogen) atoms. The van der Waals surface area contributed by atoms with Crippen LogP contribution in [0.3, 0.4) is 0 Å². The van der Waals surface area contributed by atoms with Gasteiger partial charge < -0.3 is 14.8 Å². The second-order valence-corrected chi connectivity index (χ2v) is 3.32. The number of halogens is 3. The molecule has 0 aliphatic carbocycles. The molecule has 0 saturated heterocycles. The number of rotatable bonds is 6. The van der Waals surface area contributed by atoms with Crippen LogP contribution in [0.5, 0.6) is 11.5 Å². The highest BCUT2D eigenvalue weighted by Gasteiger charge is 2.30. The summed E-state index contributed by atoms with van der Waals surface area (Å²) >= 11 is 0. The van der Waals surface area contributed by atoms with Gasteiger partial charge in [-0.2, -0.15) is 0 Å². The summed E-state index contributed by atoms with van der Waals surface area (Å²) in [6, 6.07) is 5.34. The molecule has 0 saturated carbocycles. The van der Waals surface area contributed by atoms with Crippen LogP contribution < -0.4 is 14.8 Å². The Morgan fingerprint density at radius 1 is 1.12 bits per heavy atom. The molecule has 0 spiro atoms. The first-order valence-electron chi connectivity index (χ1n) is 5.14. The minimum Gasteiger partial charge on any atom is -0.494 e. The topological polar surface area (TPSA) is 30.5 Å². The zero-order chi connectivity index (χ0) is 12.7. The highest BCUT2D eigenvalue weighted by Crippen LogP contribution is 2.24. The van der Waals surface area contributed by atoms with Gasteiger partial charge in [-0.3, -0.25) is 0 Å². The Morgan fingerprint density at radius 2 is 1.71 bits per heavy atom. The molecular formula is C11H14F3NO2. The third kappa shape index (κ3) is 6.01. The minimum atomic E-state index is -4.66. The van der Waals surface area contributed by atoms with Crippen LogP contribution in [0.25, 0.3) is 0 Å². The first-order chi connectivity index (χ1) is 8.01. The van der Waals surface area contributed by atoms with Gasteiger partial charge in [0.15, 0.2) is 0 Å². The molecular weight excluding hydrogens is 235 g/mol. The predicted molar refractivity (Wildman–Crippen MR) is 57.2 cm³/mol. The fourth-order valence-electron chi connectivity index (χ4n) is 1.18. The van der Waals surface area contributed by atoms with Gasteiger partial charge in [0.25, 0.3) is 0 Å². The van der Waals surface area contributed by atoms with E-state index in [0.717, 1.165) is 13.0 Å². The molecule has 1 aromatic rings. The van der Waals surface area contributed by atoms with Gasteiger partial charge in [-0.25, -0.2) is 0 Å². The maximum atomic E-state index is 11.9. The van der Waals surface area contributed by atoms with E-state index in [1.165, 1.54) is 24.3 Å². The number of benzene rings is 1. The number of alkyl halides is 3. The molecule has 0 atom stereocenters. The second kappa shape index (κ2) is 6.34. The smallest absolute Gasteiger partial charge is 0.494 e. The Balaban J connectivity index is 2.39. The van der Waals surface area contributed by atoms with Gasteiger partial charge in [0.1, 0.15) is 11.5 Å². The molecule has 1 N–H and O–H groups in total. The van der Waals surface area contributed by atoms with E-state index in [4.69, 9.17) is 4.74 Å². The quantitative estimate of drug-likeness (QED) is 0.786. The largest absolute Gasteiger partial charge is 0.573 e. The van der Waals surface area contributed by atoms with Crippen molar-refractivity contribution in [2.45, 2.75) is 12.8 Å². The standard InChI is InChI=1S/C11H14F3NO2/c1-15-7-2-8-16-9-3-5-10(6-4-9)17-11(12,13)14/h3-6,15H,2,7-8H2,1H3. The van der Waals surface area contributed by atoms with Crippen molar-refractivity contribution in [2.75, 3.05) is 20.2 Å². The maximum Gasteiger partial charge on any atom is 0.573 e. The number of nitrogens with one attached hydrogen (secondary N) is 1. The normalized spacial score (nSPS) is 11.3. The Labute approximate surface area is 97.5 Å². The van der Waals surface area contributed by atoms with Crippen LogP contribution in [0.4, 0.5) is 13.2 Å². The molecule has 96 valence electrons. The van der Waals surface area contributed by atoms with Gasteiger partial charge in [-0.05, 0) is 44.3 Å². The van der Waals surface area contributed by atoms with Crippen molar-refractivity contribution < 1.29 is 22.6 Å². The lowest BCUT2D eigenvalue weighted by Gasteiger charge is -2.10. The number of hydrogen-bond acceptors (Lipinski definition) is 3. The van der Waals surface area contributed by atoms with E-state index in [1.807, 2.05) is 7.05 Å². The van der Waals surface area contributed by atoms with Crippen molar-refractivity contribution in [3.8, 4) is 11.5 Å². The van der Waals surface area contributed by atoms with Gasteiger partial charge in [0.2, 0.25) is 0 Å². The van der Waals surface area contributed by atoms with Crippen molar-refractivity contribution in [1.29, 1.82) is 0 Å². The molecule has 0 unspecified atom stereocenters. The van der Waals surface area contributed by atoms with Crippen LogP contribution in [0, 0.1) is 0 Å². The zero-order valence-corrected chi connectivity index (χ0v) is 9.38. The van der Waals surface area contributed by atoms with Crippen molar-refractivity contribution in [3.63, 3.8) is 0 Å². The number of hydrogen-bond donors (Lipinski definition) is 1. The van der Waals surface area contributed by atoms with Gasteiger partial charge in [0, 0.05) is 0 Å². The van der Waals surface area contributed by atoms with E-state index in [9.17, 15) is 13.2 Å². The van der Waals surface area contributed by atoms with Crippen molar-refractivity contribution >= 4 is 0 Å². The van der Waals surface area contributed by atoms with Gasteiger partial charge in [0.05, 0.1) is 6.61 Å². The monoisotopic (exact) mass is 249 g/mol. The lowest BCUT2D eigenvalue weighted by atomic mass is 10.3. The highest BCUT2D eigenvalue weighted by atomic mass is 19.4.